The minimum Gasteiger partial charge on any atom is -0.436 e. The molecule has 6 N–H and O–H groups in total. The van der Waals surface area contributed by atoms with E-state index in [2.05, 4.69) is 15.0 Å². The van der Waals surface area contributed by atoms with E-state index in [1.807, 2.05) is 30.3 Å². The number of fused-ring (bicyclic) bond motifs is 1. The maximum atomic E-state index is 5.75. The molecular weight excluding hydrogens is 280 g/mol. The summed E-state index contributed by atoms with van der Waals surface area (Å²) in [6.45, 7) is 0. The predicted octanol–water partition coefficient (Wildman–Crippen LogP) is 1.71. The lowest BCUT2D eigenvalue weighted by Gasteiger charge is -1.95. The Labute approximate surface area is 126 Å². The summed E-state index contributed by atoms with van der Waals surface area (Å²) in [5.74, 6) is 0.379. The molecule has 0 saturated carbocycles. The van der Waals surface area contributed by atoms with Gasteiger partial charge in [0.05, 0.1) is 5.69 Å². The molecule has 3 rings (SSSR count). The lowest BCUT2D eigenvalue weighted by molar-refractivity contribution is 0.620. The normalized spacial score (nSPS) is 11.5. The highest BCUT2D eigenvalue weighted by Gasteiger charge is 2.08. The molecule has 0 saturated heterocycles. The largest absolute Gasteiger partial charge is 0.436 e. The number of hydrogen-bond donors (Lipinski definition) is 3. The van der Waals surface area contributed by atoms with Crippen molar-refractivity contribution >= 4 is 28.7 Å². The fourth-order valence-corrected chi connectivity index (χ4v) is 1.98. The summed E-state index contributed by atoms with van der Waals surface area (Å²) in [5, 5.41) is 0. The number of nitrogens with zero attached hydrogens (tertiary/aromatic N) is 3. The topological polar surface area (TPSA) is 129 Å². The molecule has 1 heterocycles. The minimum atomic E-state index is -0.145. The standard InChI is InChI=1S/C15H14N6O/c16-14(17)21-15(18)19-10-6-7-11-12(8-10)22-13(20-11)9-4-2-1-3-5-9/h1-8H,(H6,16,17,18,19,21). The van der Waals surface area contributed by atoms with E-state index in [1.54, 1.807) is 18.2 Å². The summed E-state index contributed by atoms with van der Waals surface area (Å²) in [4.78, 5) is 12.2. The summed E-state index contributed by atoms with van der Waals surface area (Å²) in [6, 6.07) is 14.9. The fourth-order valence-electron chi connectivity index (χ4n) is 1.98. The van der Waals surface area contributed by atoms with Crippen LogP contribution in [-0.2, 0) is 0 Å². The van der Waals surface area contributed by atoms with Gasteiger partial charge in [0, 0.05) is 11.6 Å². The zero-order chi connectivity index (χ0) is 15.5. The van der Waals surface area contributed by atoms with E-state index in [0.717, 1.165) is 11.1 Å². The zero-order valence-corrected chi connectivity index (χ0v) is 11.6. The molecule has 0 atom stereocenters. The molecule has 0 bridgehead atoms. The average molecular weight is 294 g/mol. The number of nitrogens with two attached hydrogens (primary N) is 3. The van der Waals surface area contributed by atoms with Gasteiger partial charge in [-0.1, -0.05) is 18.2 Å². The van der Waals surface area contributed by atoms with Crippen LogP contribution in [0.1, 0.15) is 0 Å². The molecule has 0 spiro atoms. The van der Waals surface area contributed by atoms with E-state index in [1.165, 1.54) is 0 Å². The third kappa shape index (κ3) is 2.88. The van der Waals surface area contributed by atoms with E-state index in [9.17, 15) is 0 Å². The Balaban J connectivity index is 1.99. The van der Waals surface area contributed by atoms with E-state index >= 15 is 0 Å². The number of guanidine groups is 2. The number of rotatable bonds is 2. The molecule has 110 valence electrons. The number of benzene rings is 2. The van der Waals surface area contributed by atoms with Crippen molar-refractivity contribution in [1.29, 1.82) is 0 Å². The molecular formula is C15H14N6O. The van der Waals surface area contributed by atoms with Crippen LogP contribution in [0.3, 0.4) is 0 Å². The maximum Gasteiger partial charge on any atom is 0.227 e. The van der Waals surface area contributed by atoms with E-state index in [4.69, 9.17) is 21.6 Å². The second-order valence-electron chi connectivity index (χ2n) is 4.54. The summed E-state index contributed by atoms with van der Waals surface area (Å²) < 4.78 is 5.75. The molecule has 22 heavy (non-hydrogen) atoms. The van der Waals surface area contributed by atoms with Crippen molar-refractivity contribution in [3.05, 3.63) is 48.5 Å². The minimum absolute atomic E-state index is 0.0258. The van der Waals surface area contributed by atoms with Gasteiger partial charge in [0.25, 0.3) is 0 Å². The Morgan fingerprint density at radius 3 is 2.50 bits per heavy atom. The van der Waals surface area contributed by atoms with Crippen LogP contribution < -0.4 is 17.2 Å². The first-order chi connectivity index (χ1) is 10.6. The Kier molecular flexibility index (Phi) is 3.45. The van der Waals surface area contributed by atoms with Gasteiger partial charge in [-0.25, -0.2) is 9.98 Å². The molecule has 7 nitrogen and oxygen atoms in total. The van der Waals surface area contributed by atoms with Crippen LogP contribution in [0.15, 0.2) is 62.9 Å². The maximum absolute atomic E-state index is 5.75. The van der Waals surface area contributed by atoms with Crippen molar-refractivity contribution in [3.8, 4) is 11.5 Å². The van der Waals surface area contributed by atoms with Crippen molar-refractivity contribution in [1.82, 2.24) is 4.98 Å². The Morgan fingerprint density at radius 1 is 1.00 bits per heavy atom. The third-order valence-corrected chi connectivity index (χ3v) is 2.88. The first-order valence-corrected chi connectivity index (χ1v) is 6.51. The molecule has 0 radical (unpaired) electrons. The van der Waals surface area contributed by atoms with Gasteiger partial charge in [-0.2, -0.15) is 4.99 Å². The highest BCUT2D eigenvalue weighted by atomic mass is 16.3. The van der Waals surface area contributed by atoms with Crippen molar-refractivity contribution in [2.75, 3.05) is 0 Å². The molecule has 0 amide bonds. The second-order valence-corrected chi connectivity index (χ2v) is 4.54. The molecule has 1 aromatic heterocycles. The van der Waals surface area contributed by atoms with Crippen LogP contribution in [0.2, 0.25) is 0 Å². The lowest BCUT2D eigenvalue weighted by atomic mass is 10.2. The monoisotopic (exact) mass is 294 g/mol. The van der Waals surface area contributed by atoms with Crippen molar-refractivity contribution < 1.29 is 4.42 Å². The van der Waals surface area contributed by atoms with E-state index in [0.29, 0.717) is 17.2 Å². The van der Waals surface area contributed by atoms with Gasteiger partial charge in [0.15, 0.2) is 11.5 Å². The number of aliphatic imine (C=N–C) groups is 2. The average Bonchev–Trinajstić information content (AvgIpc) is 2.90. The van der Waals surface area contributed by atoms with Crippen LogP contribution in [0.5, 0.6) is 0 Å². The SMILES string of the molecule is NC(N)=NC(N)=Nc1ccc2nc(-c3ccccc3)oc2c1. The summed E-state index contributed by atoms with van der Waals surface area (Å²) in [5.41, 5.74) is 18.9. The predicted molar refractivity (Wildman–Crippen MR) is 86.5 cm³/mol. The first kappa shape index (κ1) is 13.6. The summed E-state index contributed by atoms with van der Waals surface area (Å²) in [7, 11) is 0. The van der Waals surface area contributed by atoms with Crippen molar-refractivity contribution in [2.24, 2.45) is 27.2 Å². The van der Waals surface area contributed by atoms with Crippen molar-refractivity contribution in [2.45, 2.75) is 0 Å². The van der Waals surface area contributed by atoms with Gasteiger partial charge in [-0.15, -0.1) is 0 Å². The molecule has 0 aliphatic carbocycles. The van der Waals surface area contributed by atoms with Crippen LogP contribution in [0, 0.1) is 0 Å². The first-order valence-electron chi connectivity index (χ1n) is 6.51. The molecule has 3 aromatic rings. The van der Waals surface area contributed by atoms with Crippen LogP contribution in [-0.4, -0.2) is 16.9 Å². The second kappa shape index (κ2) is 5.57. The Morgan fingerprint density at radius 2 is 1.77 bits per heavy atom. The van der Waals surface area contributed by atoms with Gasteiger partial charge in [-0.05, 0) is 24.3 Å². The molecule has 2 aromatic carbocycles. The van der Waals surface area contributed by atoms with Gasteiger partial charge in [-0.3, -0.25) is 0 Å². The highest BCUT2D eigenvalue weighted by molar-refractivity contribution is 5.94. The smallest absolute Gasteiger partial charge is 0.227 e. The van der Waals surface area contributed by atoms with Crippen LogP contribution in [0.4, 0.5) is 5.69 Å². The lowest BCUT2D eigenvalue weighted by Crippen LogP contribution is -2.26. The summed E-state index contributed by atoms with van der Waals surface area (Å²) >= 11 is 0. The van der Waals surface area contributed by atoms with Gasteiger partial charge in [0.1, 0.15) is 5.52 Å². The third-order valence-electron chi connectivity index (χ3n) is 2.88. The van der Waals surface area contributed by atoms with Crippen molar-refractivity contribution in [3.63, 3.8) is 0 Å². The number of hydrogen-bond acceptors (Lipinski definition) is 3. The van der Waals surface area contributed by atoms with Crippen LogP contribution in [0.25, 0.3) is 22.6 Å². The molecule has 0 aliphatic rings. The molecule has 0 unspecified atom stereocenters. The molecule has 0 aliphatic heterocycles. The van der Waals surface area contributed by atoms with Crippen LogP contribution >= 0.6 is 0 Å². The van der Waals surface area contributed by atoms with Gasteiger partial charge in [0.2, 0.25) is 11.9 Å². The number of oxazole rings is 1. The number of aromatic nitrogens is 1. The molecule has 0 fully saturated rings. The Bertz CT molecular complexity index is 862. The highest BCUT2D eigenvalue weighted by Crippen LogP contribution is 2.27. The fraction of sp³-hybridized carbons (Fsp3) is 0. The van der Waals surface area contributed by atoms with Gasteiger partial charge >= 0.3 is 0 Å². The quantitative estimate of drug-likeness (QED) is 0.489. The summed E-state index contributed by atoms with van der Waals surface area (Å²) in [6.07, 6.45) is 0. The van der Waals surface area contributed by atoms with E-state index in [-0.39, 0.29) is 11.9 Å². The van der Waals surface area contributed by atoms with Gasteiger partial charge < -0.3 is 21.6 Å². The zero-order valence-electron chi connectivity index (χ0n) is 11.6. The van der Waals surface area contributed by atoms with E-state index < -0.39 is 0 Å². The Hall–Kier alpha value is -3.35. The molecule has 7 heteroatoms.